The Kier molecular flexibility index (Phi) is 2.17. The lowest BCUT2D eigenvalue weighted by Crippen LogP contribution is -2.21. The molecule has 2 aromatic rings. The number of anilines is 2. The van der Waals surface area contributed by atoms with Gasteiger partial charge in [-0.2, -0.15) is 15.1 Å². The molecule has 0 spiro atoms. The summed E-state index contributed by atoms with van der Waals surface area (Å²) in [6.45, 7) is 6.55. The summed E-state index contributed by atoms with van der Waals surface area (Å²) in [6, 6.07) is 0. The van der Waals surface area contributed by atoms with Crippen LogP contribution < -0.4 is 10.6 Å². The summed E-state index contributed by atoms with van der Waals surface area (Å²) in [5, 5.41) is 7.79. The zero-order valence-electron chi connectivity index (χ0n) is 10.0. The second-order valence-electron chi connectivity index (χ2n) is 4.90. The van der Waals surface area contributed by atoms with E-state index in [1.807, 2.05) is 0 Å². The fraction of sp³-hybridized carbons (Fsp3) is 0.545. The second-order valence-corrected chi connectivity index (χ2v) is 4.90. The smallest absolute Gasteiger partial charge is 0.224 e. The normalized spacial score (nSPS) is 24.7. The Morgan fingerprint density at radius 3 is 2.71 bits per heavy atom. The van der Waals surface area contributed by atoms with Crippen molar-refractivity contribution in [3.63, 3.8) is 0 Å². The molecule has 2 atom stereocenters. The maximum atomic E-state index is 5.72. The highest BCUT2D eigenvalue weighted by Crippen LogP contribution is 2.30. The number of nitrogens with zero attached hydrogens (tertiary/aromatic N) is 4. The molecule has 0 aromatic carbocycles. The average Bonchev–Trinajstić information content (AvgIpc) is 2.85. The Labute approximate surface area is 99.2 Å². The van der Waals surface area contributed by atoms with Gasteiger partial charge in [0.15, 0.2) is 5.65 Å². The van der Waals surface area contributed by atoms with Crippen molar-refractivity contribution in [2.45, 2.75) is 13.8 Å². The van der Waals surface area contributed by atoms with Crippen LogP contribution in [0.3, 0.4) is 0 Å². The third-order valence-corrected chi connectivity index (χ3v) is 3.59. The molecule has 90 valence electrons. The van der Waals surface area contributed by atoms with Crippen LogP contribution in [0, 0.1) is 11.8 Å². The number of fused-ring (bicyclic) bond motifs is 1. The largest absolute Gasteiger partial charge is 0.368 e. The lowest BCUT2D eigenvalue weighted by Gasteiger charge is -2.17. The number of rotatable bonds is 1. The molecule has 17 heavy (non-hydrogen) atoms. The highest BCUT2D eigenvalue weighted by atomic mass is 15.3. The van der Waals surface area contributed by atoms with Gasteiger partial charge < -0.3 is 10.6 Å². The molecule has 0 aliphatic carbocycles. The van der Waals surface area contributed by atoms with Crippen molar-refractivity contribution in [2.75, 3.05) is 23.7 Å². The van der Waals surface area contributed by atoms with Crippen LogP contribution in [-0.4, -0.2) is 33.3 Å². The van der Waals surface area contributed by atoms with Crippen molar-refractivity contribution in [1.29, 1.82) is 0 Å². The van der Waals surface area contributed by atoms with Gasteiger partial charge in [-0.3, -0.25) is 5.10 Å². The van der Waals surface area contributed by atoms with Gasteiger partial charge in [0.05, 0.1) is 11.6 Å². The molecule has 6 heteroatoms. The van der Waals surface area contributed by atoms with E-state index in [0.29, 0.717) is 23.4 Å². The molecule has 1 aliphatic heterocycles. The van der Waals surface area contributed by atoms with Gasteiger partial charge in [0, 0.05) is 13.1 Å². The first-order chi connectivity index (χ1) is 8.15. The van der Waals surface area contributed by atoms with Gasteiger partial charge in [0.2, 0.25) is 5.95 Å². The maximum Gasteiger partial charge on any atom is 0.224 e. The number of aromatic nitrogens is 4. The average molecular weight is 232 g/mol. The van der Waals surface area contributed by atoms with E-state index in [4.69, 9.17) is 5.73 Å². The number of hydrogen-bond donors (Lipinski definition) is 2. The van der Waals surface area contributed by atoms with Crippen molar-refractivity contribution in [3.8, 4) is 0 Å². The van der Waals surface area contributed by atoms with Crippen LogP contribution in [0.4, 0.5) is 11.8 Å². The van der Waals surface area contributed by atoms with Crippen molar-refractivity contribution in [2.24, 2.45) is 11.8 Å². The Bertz CT molecular complexity index is 538. The predicted molar refractivity (Wildman–Crippen MR) is 66.6 cm³/mol. The Balaban J connectivity index is 2.08. The van der Waals surface area contributed by atoms with Crippen LogP contribution >= 0.6 is 0 Å². The van der Waals surface area contributed by atoms with Crippen LogP contribution in [0.15, 0.2) is 6.20 Å². The van der Waals surface area contributed by atoms with Crippen LogP contribution in [0.25, 0.3) is 11.0 Å². The standard InChI is InChI=1S/C11H16N6/c1-6-4-17(5-7(6)2)10-8-3-13-16-9(8)14-11(12)15-10/h3,6-7H,4-5H2,1-2H3,(H3,12,13,14,15,16). The predicted octanol–water partition coefficient (Wildman–Crippen LogP) is 1.03. The van der Waals surface area contributed by atoms with E-state index in [0.717, 1.165) is 24.3 Å². The van der Waals surface area contributed by atoms with Crippen LogP contribution in [0.5, 0.6) is 0 Å². The Morgan fingerprint density at radius 2 is 2.00 bits per heavy atom. The van der Waals surface area contributed by atoms with Gasteiger partial charge in [-0.1, -0.05) is 13.8 Å². The van der Waals surface area contributed by atoms with Crippen LogP contribution in [0.1, 0.15) is 13.8 Å². The van der Waals surface area contributed by atoms with E-state index >= 15 is 0 Å². The minimum absolute atomic E-state index is 0.295. The highest BCUT2D eigenvalue weighted by Gasteiger charge is 2.28. The van der Waals surface area contributed by atoms with E-state index in [1.165, 1.54) is 0 Å². The molecule has 3 rings (SSSR count). The molecular formula is C11H16N6. The SMILES string of the molecule is CC1CN(c2nc(N)nc3[nH]ncc23)CC1C. The first kappa shape index (κ1) is 10.3. The van der Waals surface area contributed by atoms with Crippen LogP contribution in [-0.2, 0) is 0 Å². The summed E-state index contributed by atoms with van der Waals surface area (Å²) in [7, 11) is 0. The van der Waals surface area contributed by atoms with Crippen molar-refractivity contribution in [3.05, 3.63) is 6.20 Å². The van der Waals surface area contributed by atoms with E-state index in [9.17, 15) is 0 Å². The van der Waals surface area contributed by atoms with Crippen LogP contribution in [0.2, 0.25) is 0 Å². The van der Waals surface area contributed by atoms with Gasteiger partial charge in [0.25, 0.3) is 0 Å². The molecule has 3 N–H and O–H groups in total. The number of hydrogen-bond acceptors (Lipinski definition) is 5. The number of nitrogens with one attached hydrogen (secondary N) is 1. The van der Waals surface area contributed by atoms with Gasteiger partial charge in [-0.25, -0.2) is 0 Å². The summed E-state index contributed by atoms with van der Waals surface area (Å²) < 4.78 is 0. The number of H-pyrrole nitrogens is 1. The molecule has 0 radical (unpaired) electrons. The number of aromatic amines is 1. The molecule has 1 fully saturated rings. The Hall–Kier alpha value is -1.85. The minimum atomic E-state index is 0.295. The minimum Gasteiger partial charge on any atom is -0.368 e. The summed E-state index contributed by atoms with van der Waals surface area (Å²) in [6.07, 6.45) is 1.76. The highest BCUT2D eigenvalue weighted by molar-refractivity contribution is 5.87. The third-order valence-electron chi connectivity index (χ3n) is 3.59. The first-order valence-corrected chi connectivity index (χ1v) is 5.86. The quantitative estimate of drug-likeness (QED) is 0.767. The zero-order chi connectivity index (χ0) is 12.0. The summed E-state index contributed by atoms with van der Waals surface area (Å²) in [5.74, 6) is 2.54. The van der Waals surface area contributed by atoms with E-state index < -0.39 is 0 Å². The second kappa shape index (κ2) is 3.58. The molecule has 2 aromatic heterocycles. The fourth-order valence-corrected chi connectivity index (χ4v) is 2.38. The topological polar surface area (TPSA) is 83.7 Å². The molecule has 0 amide bonds. The fourth-order valence-electron chi connectivity index (χ4n) is 2.38. The molecule has 2 unspecified atom stereocenters. The van der Waals surface area contributed by atoms with Gasteiger partial charge in [-0.05, 0) is 11.8 Å². The van der Waals surface area contributed by atoms with E-state index in [-0.39, 0.29) is 0 Å². The first-order valence-electron chi connectivity index (χ1n) is 5.86. The molecular weight excluding hydrogens is 216 g/mol. The molecule has 6 nitrogen and oxygen atoms in total. The number of nitrogens with two attached hydrogens (primary N) is 1. The van der Waals surface area contributed by atoms with Crippen molar-refractivity contribution < 1.29 is 0 Å². The molecule has 1 aliphatic rings. The van der Waals surface area contributed by atoms with E-state index in [1.54, 1.807) is 6.20 Å². The Morgan fingerprint density at radius 1 is 1.29 bits per heavy atom. The molecule has 1 saturated heterocycles. The van der Waals surface area contributed by atoms with E-state index in [2.05, 4.69) is 38.9 Å². The maximum absolute atomic E-state index is 5.72. The van der Waals surface area contributed by atoms with Gasteiger partial charge in [0.1, 0.15) is 5.82 Å². The monoisotopic (exact) mass is 232 g/mol. The lowest BCUT2D eigenvalue weighted by atomic mass is 10.0. The molecule has 0 bridgehead atoms. The number of nitrogen functional groups attached to an aromatic ring is 1. The zero-order valence-corrected chi connectivity index (χ0v) is 10.0. The molecule has 0 saturated carbocycles. The van der Waals surface area contributed by atoms with Gasteiger partial charge in [-0.15, -0.1) is 0 Å². The summed E-state index contributed by atoms with van der Waals surface area (Å²) in [4.78, 5) is 10.8. The molecule has 3 heterocycles. The third kappa shape index (κ3) is 1.60. The van der Waals surface area contributed by atoms with Crippen molar-refractivity contribution >= 4 is 22.8 Å². The lowest BCUT2D eigenvalue weighted by molar-refractivity contribution is 0.494. The summed E-state index contributed by atoms with van der Waals surface area (Å²) in [5.41, 5.74) is 6.43. The van der Waals surface area contributed by atoms with Crippen molar-refractivity contribution in [1.82, 2.24) is 20.2 Å². The van der Waals surface area contributed by atoms with Gasteiger partial charge >= 0.3 is 0 Å². The summed E-state index contributed by atoms with van der Waals surface area (Å²) >= 11 is 0.